The molecule has 1 aromatic heterocycles. The van der Waals surface area contributed by atoms with Crippen LogP contribution in [0.4, 0.5) is 5.69 Å². The summed E-state index contributed by atoms with van der Waals surface area (Å²) in [5.41, 5.74) is 3.53. The number of rotatable bonds is 6. The second kappa shape index (κ2) is 11.4. The third-order valence-corrected chi connectivity index (χ3v) is 5.37. The van der Waals surface area contributed by atoms with Crippen molar-refractivity contribution in [1.29, 1.82) is 0 Å². The first-order chi connectivity index (χ1) is 13.5. The molecular weight excluding hydrogens is 477 g/mol. The predicted molar refractivity (Wildman–Crippen MR) is 130 cm³/mol. The summed E-state index contributed by atoms with van der Waals surface area (Å²) in [6, 6.07) is 10.8. The van der Waals surface area contributed by atoms with E-state index >= 15 is 0 Å². The number of halogens is 1. The van der Waals surface area contributed by atoms with Crippen LogP contribution in [0.2, 0.25) is 0 Å². The highest BCUT2D eigenvalue weighted by atomic mass is 127. The average molecular weight is 511 g/mol. The van der Waals surface area contributed by atoms with Crippen LogP contribution < -0.4 is 15.5 Å². The molecule has 2 heterocycles. The average Bonchev–Trinajstić information content (AvgIpc) is 3.19. The lowest BCUT2D eigenvalue weighted by Gasteiger charge is -2.32. The third-order valence-electron chi connectivity index (χ3n) is 5.37. The van der Waals surface area contributed by atoms with Crippen LogP contribution in [-0.2, 0) is 13.1 Å². The van der Waals surface area contributed by atoms with Gasteiger partial charge in [-0.1, -0.05) is 38.1 Å². The lowest BCUT2D eigenvalue weighted by molar-refractivity contribution is 0.372. The molecule has 0 saturated carbocycles. The third kappa shape index (κ3) is 6.90. The lowest BCUT2D eigenvalue weighted by atomic mass is 9.99. The zero-order valence-electron chi connectivity index (χ0n) is 17.9. The topological polar surface area (TPSA) is 65.7 Å². The van der Waals surface area contributed by atoms with E-state index in [9.17, 15) is 0 Å². The molecule has 29 heavy (non-hydrogen) atoms. The summed E-state index contributed by atoms with van der Waals surface area (Å²) in [5.74, 6) is 2.78. The number of benzene rings is 1. The number of nitrogens with one attached hydrogen (secondary N) is 2. The molecule has 0 aliphatic carbocycles. The number of nitrogens with zero attached hydrogens (tertiary/aromatic N) is 3. The number of aliphatic imine (C=N–C) groups is 1. The van der Waals surface area contributed by atoms with Crippen LogP contribution in [0.25, 0.3) is 0 Å². The molecule has 1 aromatic carbocycles. The van der Waals surface area contributed by atoms with E-state index in [0.717, 1.165) is 43.0 Å². The second-order valence-electron chi connectivity index (χ2n) is 7.99. The minimum absolute atomic E-state index is 0. The Bertz CT molecular complexity index is 764. The van der Waals surface area contributed by atoms with E-state index < -0.39 is 0 Å². The molecule has 0 radical (unpaired) electrons. The van der Waals surface area contributed by atoms with E-state index in [4.69, 9.17) is 4.52 Å². The quantitative estimate of drug-likeness (QED) is 0.339. The fourth-order valence-electron chi connectivity index (χ4n) is 3.35. The number of hydrogen-bond donors (Lipinski definition) is 2. The normalized spacial score (nSPS) is 15.3. The smallest absolute Gasteiger partial charge is 0.191 e. The first-order valence-corrected chi connectivity index (χ1v) is 10.3. The van der Waals surface area contributed by atoms with Crippen molar-refractivity contribution in [2.24, 2.45) is 10.9 Å². The number of anilines is 1. The molecule has 1 fully saturated rings. The van der Waals surface area contributed by atoms with Gasteiger partial charge in [0.1, 0.15) is 0 Å². The molecule has 0 spiro atoms. The number of aromatic nitrogens is 1. The van der Waals surface area contributed by atoms with E-state index in [2.05, 4.69) is 70.7 Å². The maximum atomic E-state index is 5.36. The van der Waals surface area contributed by atoms with Crippen molar-refractivity contribution in [2.75, 3.05) is 25.0 Å². The van der Waals surface area contributed by atoms with E-state index in [1.807, 2.05) is 6.07 Å². The van der Waals surface area contributed by atoms with Gasteiger partial charge in [0.15, 0.2) is 11.7 Å². The summed E-state index contributed by atoms with van der Waals surface area (Å²) in [6.07, 6.45) is 2.57. The van der Waals surface area contributed by atoms with Gasteiger partial charge >= 0.3 is 0 Å². The van der Waals surface area contributed by atoms with E-state index in [0.29, 0.717) is 12.5 Å². The summed E-state index contributed by atoms with van der Waals surface area (Å²) in [6.45, 7) is 10.2. The molecule has 2 aromatic rings. The van der Waals surface area contributed by atoms with Crippen molar-refractivity contribution in [3.05, 3.63) is 47.3 Å². The van der Waals surface area contributed by atoms with Crippen LogP contribution in [-0.4, -0.2) is 31.3 Å². The molecule has 160 valence electrons. The van der Waals surface area contributed by atoms with Crippen molar-refractivity contribution in [3.8, 4) is 0 Å². The molecule has 1 aliphatic rings. The molecule has 6 nitrogen and oxygen atoms in total. The van der Waals surface area contributed by atoms with Gasteiger partial charge in [0, 0.05) is 38.4 Å². The van der Waals surface area contributed by atoms with Crippen LogP contribution in [0.3, 0.4) is 0 Å². The van der Waals surface area contributed by atoms with Crippen molar-refractivity contribution in [2.45, 2.75) is 52.6 Å². The van der Waals surface area contributed by atoms with Gasteiger partial charge in [-0.2, -0.15) is 0 Å². The number of hydrogen-bond acceptors (Lipinski definition) is 4. The summed E-state index contributed by atoms with van der Waals surface area (Å²) in [4.78, 5) is 6.77. The molecule has 0 atom stereocenters. The van der Waals surface area contributed by atoms with Crippen LogP contribution in [0, 0.1) is 5.92 Å². The largest absolute Gasteiger partial charge is 0.372 e. The molecule has 0 unspecified atom stereocenters. The minimum atomic E-state index is 0. The van der Waals surface area contributed by atoms with Gasteiger partial charge in [-0.15, -0.1) is 24.0 Å². The Morgan fingerprint density at radius 3 is 2.41 bits per heavy atom. The van der Waals surface area contributed by atoms with Crippen LogP contribution in [0.1, 0.15) is 56.5 Å². The molecule has 1 aliphatic heterocycles. The molecule has 3 rings (SSSR count). The summed E-state index contributed by atoms with van der Waals surface area (Å²) < 4.78 is 5.36. The van der Waals surface area contributed by atoms with E-state index in [1.54, 1.807) is 7.05 Å². The zero-order valence-corrected chi connectivity index (χ0v) is 20.3. The van der Waals surface area contributed by atoms with Crippen LogP contribution >= 0.6 is 24.0 Å². The molecule has 2 N–H and O–H groups in total. The fraction of sp³-hybridized carbons (Fsp3) is 0.545. The Morgan fingerprint density at radius 2 is 1.83 bits per heavy atom. The number of guanidine groups is 1. The molecular formula is C22H34IN5O. The second-order valence-corrected chi connectivity index (χ2v) is 7.99. The molecule has 0 amide bonds. The van der Waals surface area contributed by atoms with Crippen LogP contribution in [0.15, 0.2) is 39.8 Å². The van der Waals surface area contributed by atoms with E-state index in [-0.39, 0.29) is 24.0 Å². The highest BCUT2D eigenvalue weighted by Crippen LogP contribution is 2.23. The molecule has 7 heteroatoms. The monoisotopic (exact) mass is 511 g/mol. The first kappa shape index (κ1) is 23.5. The van der Waals surface area contributed by atoms with Gasteiger partial charge in [-0.25, -0.2) is 0 Å². The highest BCUT2D eigenvalue weighted by molar-refractivity contribution is 14.0. The van der Waals surface area contributed by atoms with E-state index in [1.165, 1.54) is 24.1 Å². The fourth-order valence-corrected chi connectivity index (χ4v) is 3.35. The summed E-state index contributed by atoms with van der Waals surface area (Å²) >= 11 is 0. The number of piperidine rings is 1. The first-order valence-electron chi connectivity index (χ1n) is 10.3. The molecule has 1 saturated heterocycles. The lowest BCUT2D eigenvalue weighted by Crippen LogP contribution is -2.36. The Morgan fingerprint density at radius 1 is 1.17 bits per heavy atom. The van der Waals surface area contributed by atoms with Crippen molar-refractivity contribution >= 4 is 35.6 Å². The highest BCUT2D eigenvalue weighted by Gasteiger charge is 2.15. The van der Waals surface area contributed by atoms with Gasteiger partial charge in [0.05, 0.1) is 12.2 Å². The Labute approximate surface area is 191 Å². The molecule has 0 bridgehead atoms. The minimum Gasteiger partial charge on any atom is -0.372 e. The van der Waals surface area contributed by atoms with Gasteiger partial charge in [-0.05, 0) is 42.4 Å². The zero-order chi connectivity index (χ0) is 19.9. The van der Waals surface area contributed by atoms with Crippen LogP contribution in [0.5, 0.6) is 0 Å². The van der Waals surface area contributed by atoms with Gasteiger partial charge in [0.2, 0.25) is 0 Å². The maximum Gasteiger partial charge on any atom is 0.191 e. The van der Waals surface area contributed by atoms with Crippen molar-refractivity contribution in [3.63, 3.8) is 0 Å². The maximum absolute atomic E-state index is 5.36. The Hall–Kier alpha value is -1.77. The predicted octanol–water partition coefficient (Wildman–Crippen LogP) is 4.52. The summed E-state index contributed by atoms with van der Waals surface area (Å²) in [7, 11) is 1.77. The van der Waals surface area contributed by atoms with Gasteiger partial charge in [0.25, 0.3) is 0 Å². The van der Waals surface area contributed by atoms with Gasteiger partial charge in [-0.3, -0.25) is 4.99 Å². The Kier molecular flexibility index (Phi) is 9.26. The van der Waals surface area contributed by atoms with Crippen molar-refractivity contribution in [1.82, 2.24) is 15.8 Å². The van der Waals surface area contributed by atoms with Crippen molar-refractivity contribution < 1.29 is 4.52 Å². The Balaban J connectivity index is 0.00000300. The van der Waals surface area contributed by atoms with Gasteiger partial charge < -0.3 is 20.1 Å². The summed E-state index contributed by atoms with van der Waals surface area (Å²) in [5, 5.41) is 10.7. The SMILES string of the molecule is CN=C(NCc1ccc(N2CCC(C)CC2)cc1)NCc1cc(C(C)C)no1.I. The standard InChI is InChI=1S/C22H33N5O.HI/c1-16(2)21-13-20(28-26-21)15-25-22(23-4)24-14-18-5-7-19(8-6-18)27-11-9-17(3)10-12-27;/h5-8,13,16-17H,9-12,14-15H2,1-4H3,(H2,23,24,25);1H.